The van der Waals surface area contributed by atoms with E-state index in [0.29, 0.717) is 24.1 Å². The summed E-state index contributed by atoms with van der Waals surface area (Å²) in [5.74, 6) is -1.60. The summed E-state index contributed by atoms with van der Waals surface area (Å²) in [6, 6.07) is 8.58. The second kappa shape index (κ2) is 7.17. The number of rotatable bonds is 6. The van der Waals surface area contributed by atoms with Crippen molar-refractivity contribution in [2.45, 2.75) is 26.2 Å². The van der Waals surface area contributed by atoms with Crippen LogP contribution in [0.15, 0.2) is 24.3 Å². The fourth-order valence-electron chi connectivity index (χ4n) is 1.70. The Balaban J connectivity index is 2.51. The smallest absolute Gasteiger partial charge is 0.306 e. The van der Waals surface area contributed by atoms with E-state index in [2.05, 4.69) is 5.32 Å². The van der Waals surface area contributed by atoms with Crippen molar-refractivity contribution in [3.63, 3.8) is 0 Å². The molecule has 0 saturated heterocycles. The molecule has 5 nitrogen and oxygen atoms in total. The van der Waals surface area contributed by atoms with Crippen molar-refractivity contribution in [1.82, 2.24) is 0 Å². The topological polar surface area (TPSA) is 90.2 Å². The zero-order valence-corrected chi connectivity index (χ0v) is 10.7. The van der Waals surface area contributed by atoms with Crippen molar-refractivity contribution >= 4 is 17.6 Å². The molecule has 1 atom stereocenters. The summed E-state index contributed by atoms with van der Waals surface area (Å²) in [4.78, 5) is 22.5. The minimum Gasteiger partial charge on any atom is -0.481 e. The number of anilines is 1. The van der Waals surface area contributed by atoms with E-state index in [9.17, 15) is 9.59 Å². The highest BCUT2D eigenvalue weighted by Crippen LogP contribution is 2.14. The van der Waals surface area contributed by atoms with Crippen molar-refractivity contribution in [2.24, 2.45) is 5.92 Å². The molecule has 1 aromatic carbocycles. The first kappa shape index (κ1) is 14.7. The zero-order chi connectivity index (χ0) is 14.3. The monoisotopic (exact) mass is 260 g/mol. The Morgan fingerprint density at radius 3 is 2.79 bits per heavy atom. The number of hydrogen-bond acceptors (Lipinski definition) is 3. The van der Waals surface area contributed by atoms with Gasteiger partial charge in [-0.15, -0.1) is 0 Å². The summed E-state index contributed by atoms with van der Waals surface area (Å²) in [7, 11) is 0. The Labute approximate surface area is 111 Å². The van der Waals surface area contributed by atoms with Crippen LogP contribution in [0.4, 0.5) is 5.69 Å². The molecule has 1 rings (SSSR count). The van der Waals surface area contributed by atoms with Crippen LogP contribution in [-0.2, 0) is 9.59 Å². The number of carboxylic acid groups (broad SMARTS) is 1. The van der Waals surface area contributed by atoms with Gasteiger partial charge in [-0.05, 0) is 31.0 Å². The largest absolute Gasteiger partial charge is 0.481 e. The van der Waals surface area contributed by atoms with Gasteiger partial charge < -0.3 is 10.4 Å². The maximum atomic E-state index is 11.7. The molecule has 0 heterocycles. The van der Waals surface area contributed by atoms with E-state index in [1.54, 1.807) is 31.2 Å². The molecule has 0 aliphatic rings. The van der Waals surface area contributed by atoms with Crippen LogP contribution < -0.4 is 5.32 Å². The van der Waals surface area contributed by atoms with Gasteiger partial charge in [-0.2, -0.15) is 5.26 Å². The first-order valence-corrected chi connectivity index (χ1v) is 6.09. The van der Waals surface area contributed by atoms with Crippen molar-refractivity contribution in [3.05, 3.63) is 29.8 Å². The Bertz CT molecular complexity index is 506. The summed E-state index contributed by atoms with van der Waals surface area (Å²) in [5.41, 5.74) is 1.02. The molecule has 0 aliphatic heterocycles. The Kier molecular flexibility index (Phi) is 5.55. The van der Waals surface area contributed by atoms with Crippen molar-refractivity contribution in [1.29, 1.82) is 5.26 Å². The summed E-state index contributed by atoms with van der Waals surface area (Å²) in [6.07, 6.45) is 0.976. The highest BCUT2D eigenvalue weighted by atomic mass is 16.4. The van der Waals surface area contributed by atoms with E-state index >= 15 is 0 Å². The first-order chi connectivity index (χ1) is 9.06. The molecule has 0 aliphatic carbocycles. The van der Waals surface area contributed by atoms with E-state index in [1.807, 2.05) is 6.07 Å². The van der Waals surface area contributed by atoms with Gasteiger partial charge in [0.1, 0.15) is 0 Å². The predicted octanol–water partition coefficient (Wildman–Crippen LogP) is 2.39. The minimum absolute atomic E-state index is 0.154. The third-order valence-corrected chi connectivity index (χ3v) is 2.84. The predicted molar refractivity (Wildman–Crippen MR) is 70.4 cm³/mol. The highest BCUT2D eigenvalue weighted by Gasteiger charge is 2.16. The molecule has 0 aromatic heterocycles. The third kappa shape index (κ3) is 4.80. The molecule has 1 unspecified atom stereocenters. The van der Waals surface area contributed by atoms with Crippen LogP contribution in [0.3, 0.4) is 0 Å². The molecule has 0 bridgehead atoms. The van der Waals surface area contributed by atoms with E-state index in [-0.39, 0.29) is 12.3 Å². The molecule has 1 aromatic rings. The van der Waals surface area contributed by atoms with E-state index in [1.165, 1.54) is 0 Å². The molecular formula is C14H16N2O3. The lowest BCUT2D eigenvalue weighted by Gasteiger charge is -2.09. The highest BCUT2D eigenvalue weighted by molar-refractivity contribution is 5.91. The van der Waals surface area contributed by atoms with Gasteiger partial charge >= 0.3 is 5.97 Å². The quantitative estimate of drug-likeness (QED) is 0.821. The lowest BCUT2D eigenvalue weighted by molar-refractivity contribution is -0.142. The molecule has 0 fully saturated rings. The average molecular weight is 260 g/mol. The van der Waals surface area contributed by atoms with Crippen LogP contribution in [-0.4, -0.2) is 17.0 Å². The van der Waals surface area contributed by atoms with Crippen LogP contribution in [0.2, 0.25) is 0 Å². The van der Waals surface area contributed by atoms with Gasteiger partial charge in [0.05, 0.1) is 17.6 Å². The Hall–Kier alpha value is -2.35. The summed E-state index contributed by atoms with van der Waals surface area (Å²) < 4.78 is 0. The number of benzene rings is 1. The maximum Gasteiger partial charge on any atom is 0.306 e. The number of nitrogens with zero attached hydrogens (tertiary/aromatic N) is 1. The lowest BCUT2D eigenvalue weighted by atomic mass is 10.0. The van der Waals surface area contributed by atoms with Gasteiger partial charge in [-0.3, -0.25) is 9.59 Å². The van der Waals surface area contributed by atoms with Gasteiger partial charge in [-0.25, -0.2) is 0 Å². The number of nitriles is 1. The molecule has 5 heteroatoms. The summed E-state index contributed by atoms with van der Waals surface area (Å²) in [6.45, 7) is 1.78. The molecule has 2 N–H and O–H groups in total. The number of carbonyl (C=O) groups excluding carboxylic acids is 1. The first-order valence-electron chi connectivity index (χ1n) is 6.09. The number of aliphatic carboxylic acids is 1. The molecular weight excluding hydrogens is 244 g/mol. The molecule has 0 spiro atoms. The number of amides is 1. The van der Waals surface area contributed by atoms with E-state index < -0.39 is 11.9 Å². The van der Waals surface area contributed by atoms with Crippen LogP contribution in [0.5, 0.6) is 0 Å². The molecule has 0 saturated carbocycles. The third-order valence-electron chi connectivity index (χ3n) is 2.84. The number of carbonyl (C=O) groups is 2. The van der Waals surface area contributed by atoms with E-state index in [0.717, 1.165) is 0 Å². The van der Waals surface area contributed by atoms with Crippen LogP contribution >= 0.6 is 0 Å². The fraction of sp³-hybridized carbons (Fsp3) is 0.357. The van der Waals surface area contributed by atoms with Crippen molar-refractivity contribution in [3.8, 4) is 6.07 Å². The second-order valence-electron chi connectivity index (χ2n) is 4.22. The van der Waals surface area contributed by atoms with Gasteiger partial charge in [0.2, 0.25) is 5.91 Å². The number of nitrogens with one attached hydrogen (secondary N) is 1. The molecule has 19 heavy (non-hydrogen) atoms. The van der Waals surface area contributed by atoms with E-state index in [4.69, 9.17) is 10.4 Å². The lowest BCUT2D eigenvalue weighted by Crippen LogP contribution is -2.17. The van der Waals surface area contributed by atoms with Gasteiger partial charge in [0.25, 0.3) is 0 Å². The molecule has 100 valence electrons. The minimum atomic E-state index is -0.873. The van der Waals surface area contributed by atoms with Gasteiger partial charge in [0, 0.05) is 12.1 Å². The fourth-order valence-corrected chi connectivity index (χ4v) is 1.70. The molecule has 0 radical (unpaired) electrons. The second-order valence-corrected chi connectivity index (χ2v) is 4.22. The summed E-state index contributed by atoms with van der Waals surface area (Å²) >= 11 is 0. The zero-order valence-electron chi connectivity index (χ0n) is 10.7. The van der Waals surface area contributed by atoms with Crippen LogP contribution in [0.1, 0.15) is 31.7 Å². The van der Waals surface area contributed by atoms with Crippen molar-refractivity contribution < 1.29 is 14.7 Å². The van der Waals surface area contributed by atoms with Crippen LogP contribution in [0, 0.1) is 17.2 Å². The SMILES string of the molecule is CCC(CCC(=O)Nc1cccc(C#N)c1)C(=O)O. The number of hydrogen-bond donors (Lipinski definition) is 2. The maximum absolute atomic E-state index is 11.7. The van der Waals surface area contributed by atoms with Crippen molar-refractivity contribution in [2.75, 3.05) is 5.32 Å². The average Bonchev–Trinajstić information content (AvgIpc) is 2.39. The van der Waals surface area contributed by atoms with Gasteiger partial charge in [0.15, 0.2) is 0 Å². The Morgan fingerprint density at radius 1 is 1.47 bits per heavy atom. The van der Waals surface area contributed by atoms with Crippen LogP contribution in [0.25, 0.3) is 0 Å². The summed E-state index contributed by atoms with van der Waals surface area (Å²) in [5, 5.41) is 20.3. The Morgan fingerprint density at radius 2 is 2.21 bits per heavy atom. The molecule has 1 amide bonds. The van der Waals surface area contributed by atoms with Gasteiger partial charge in [-0.1, -0.05) is 13.0 Å². The standard InChI is InChI=1S/C14H16N2O3/c1-2-11(14(18)19)6-7-13(17)16-12-5-3-4-10(8-12)9-15/h3-5,8,11H,2,6-7H2,1H3,(H,16,17)(H,18,19). The normalized spacial score (nSPS) is 11.4. The number of carboxylic acids is 1.